The van der Waals surface area contributed by atoms with Crippen LogP contribution in [0.4, 0.5) is 4.39 Å². The summed E-state index contributed by atoms with van der Waals surface area (Å²) in [6.45, 7) is 0. The number of nitrogens with one attached hydrogen (secondary N) is 2. The van der Waals surface area contributed by atoms with E-state index < -0.39 is 5.91 Å². The van der Waals surface area contributed by atoms with Crippen LogP contribution >= 0.6 is 15.9 Å². The molecule has 0 unspecified atom stereocenters. The molecule has 2 aromatic carbocycles. The van der Waals surface area contributed by atoms with Crippen LogP contribution in [0.5, 0.6) is 0 Å². The Labute approximate surface area is 127 Å². The van der Waals surface area contributed by atoms with Crippen molar-refractivity contribution < 1.29 is 9.18 Å². The molecule has 3 aromatic rings. The number of rotatable bonds is 2. The molecule has 0 saturated carbocycles. The van der Waals surface area contributed by atoms with E-state index in [1.165, 1.54) is 12.1 Å². The first-order valence-corrected chi connectivity index (χ1v) is 6.84. The number of carbonyl (C=O) groups excluding carboxylic acids is 1. The molecule has 4 N–H and O–H groups in total. The van der Waals surface area contributed by atoms with Gasteiger partial charge in [-0.1, -0.05) is 0 Å². The molecule has 3 rings (SSSR count). The Bertz CT molecular complexity index is 829. The molecule has 0 aliphatic heterocycles. The Balaban J connectivity index is 2.13. The SMILES string of the molecule is NNC(=O)c1cc(Br)c2nc(-c3ccc(F)cc3)[nH]c2c1. The van der Waals surface area contributed by atoms with Gasteiger partial charge in [-0.2, -0.15) is 0 Å². The third-order valence-corrected chi connectivity index (χ3v) is 3.66. The molecule has 106 valence electrons. The number of aromatic amines is 1. The summed E-state index contributed by atoms with van der Waals surface area (Å²) in [5, 5.41) is 0. The molecule has 0 radical (unpaired) electrons. The van der Waals surface area contributed by atoms with E-state index in [1.807, 2.05) is 0 Å². The number of amides is 1. The topological polar surface area (TPSA) is 83.8 Å². The molecule has 0 saturated heterocycles. The van der Waals surface area contributed by atoms with Crippen molar-refractivity contribution in [2.75, 3.05) is 0 Å². The average Bonchev–Trinajstić information content (AvgIpc) is 2.91. The third-order valence-electron chi connectivity index (χ3n) is 3.05. The van der Waals surface area contributed by atoms with Crippen molar-refractivity contribution in [1.29, 1.82) is 0 Å². The summed E-state index contributed by atoms with van der Waals surface area (Å²) in [4.78, 5) is 19.1. The Hall–Kier alpha value is -2.25. The number of carbonyl (C=O) groups is 1. The first-order chi connectivity index (χ1) is 10.1. The van der Waals surface area contributed by atoms with Gasteiger partial charge in [-0.3, -0.25) is 10.2 Å². The fraction of sp³-hybridized carbons (Fsp3) is 0. The fourth-order valence-electron chi connectivity index (χ4n) is 2.03. The number of fused-ring (bicyclic) bond motifs is 1. The number of nitrogens with two attached hydrogens (primary N) is 1. The minimum Gasteiger partial charge on any atom is -0.338 e. The van der Waals surface area contributed by atoms with Gasteiger partial charge in [0.25, 0.3) is 5.91 Å². The van der Waals surface area contributed by atoms with Crippen molar-refractivity contribution >= 4 is 32.9 Å². The van der Waals surface area contributed by atoms with Gasteiger partial charge in [-0.25, -0.2) is 15.2 Å². The van der Waals surface area contributed by atoms with Gasteiger partial charge < -0.3 is 4.98 Å². The lowest BCUT2D eigenvalue weighted by atomic mass is 10.2. The summed E-state index contributed by atoms with van der Waals surface area (Å²) in [5.41, 5.74) is 4.61. The van der Waals surface area contributed by atoms with E-state index in [0.29, 0.717) is 26.9 Å². The largest absolute Gasteiger partial charge is 0.338 e. The summed E-state index contributed by atoms with van der Waals surface area (Å²) >= 11 is 3.38. The van der Waals surface area contributed by atoms with E-state index >= 15 is 0 Å². The standard InChI is InChI=1S/C14H10BrFN4O/c15-10-5-8(14(21)20-17)6-11-12(10)19-13(18-11)7-1-3-9(16)4-2-7/h1-6H,17H2,(H,18,19)(H,20,21). The third kappa shape index (κ3) is 2.53. The maximum absolute atomic E-state index is 13.0. The number of benzene rings is 2. The van der Waals surface area contributed by atoms with Gasteiger partial charge in [-0.05, 0) is 52.3 Å². The Morgan fingerprint density at radius 1 is 1.29 bits per heavy atom. The van der Waals surface area contributed by atoms with Crippen LogP contribution in [-0.2, 0) is 0 Å². The van der Waals surface area contributed by atoms with Crippen LogP contribution in [-0.4, -0.2) is 15.9 Å². The van der Waals surface area contributed by atoms with Gasteiger partial charge in [0.2, 0.25) is 0 Å². The zero-order chi connectivity index (χ0) is 15.0. The molecule has 1 heterocycles. The Morgan fingerprint density at radius 3 is 2.67 bits per heavy atom. The van der Waals surface area contributed by atoms with Crippen molar-refractivity contribution in [3.63, 3.8) is 0 Å². The van der Waals surface area contributed by atoms with E-state index in [-0.39, 0.29) is 5.82 Å². The summed E-state index contributed by atoms with van der Waals surface area (Å²) in [6, 6.07) is 9.29. The molecule has 0 aliphatic carbocycles. The van der Waals surface area contributed by atoms with Crippen molar-refractivity contribution in [3.05, 3.63) is 52.3 Å². The smallest absolute Gasteiger partial charge is 0.265 e. The zero-order valence-electron chi connectivity index (χ0n) is 10.7. The molecule has 21 heavy (non-hydrogen) atoms. The lowest BCUT2D eigenvalue weighted by Crippen LogP contribution is -2.29. The van der Waals surface area contributed by atoms with Gasteiger partial charge in [-0.15, -0.1) is 0 Å². The monoisotopic (exact) mass is 348 g/mol. The van der Waals surface area contributed by atoms with Crippen LogP contribution in [0.2, 0.25) is 0 Å². The number of aromatic nitrogens is 2. The minimum atomic E-state index is -0.393. The second-order valence-corrected chi connectivity index (χ2v) is 5.27. The molecule has 5 nitrogen and oxygen atoms in total. The second-order valence-electron chi connectivity index (χ2n) is 4.42. The molecule has 0 fully saturated rings. The van der Waals surface area contributed by atoms with E-state index in [2.05, 4.69) is 31.3 Å². The van der Waals surface area contributed by atoms with Crippen molar-refractivity contribution in [2.24, 2.45) is 5.84 Å². The number of hydrazine groups is 1. The average molecular weight is 349 g/mol. The maximum atomic E-state index is 13.0. The maximum Gasteiger partial charge on any atom is 0.265 e. The minimum absolute atomic E-state index is 0.307. The highest BCUT2D eigenvalue weighted by molar-refractivity contribution is 9.10. The number of halogens is 2. The van der Waals surface area contributed by atoms with E-state index in [4.69, 9.17) is 5.84 Å². The lowest BCUT2D eigenvalue weighted by molar-refractivity contribution is 0.0953. The Morgan fingerprint density at radius 2 is 2.00 bits per heavy atom. The molecule has 0 atom stereocenters. The van der Waals surface area contributed by atoms with E-state index in [1.54, 1.807) is 24.3 Å². The van der Waals surface area contributed by atoms with Crippen molar-refractivity contribution in [3.8, 4) is 11.4 Å². The molecular formula is C14H10BrFN4O. The molecule has 1 aromatic heterocycles. The summed E-state index contributed by atoms with van der Waals surface area (Å²) in [5.74, 6) is 5.03. The fourth-order valence-corrected chi connectivity index (χ4v) is 2.58. The Kier molecular flexibility index (Phi) is 3.44. The van der Waals surface area contributed by atoms with Gasteiger partial charge in [0.1, 0.15) is 17.2 Å². The van der Waals surface area contributed by atoms with Gasteiger partial charge >= 0.3 is 0 Å². The first-order valence-electron chi connectivity index (χ1n) is 6.04. The lowest BCUT2D eigenvalue weighted by Gasteiger charge is -2.00. The van der Waals surface area contributed by atoms with Crippen LogP contribution in [0.3, 0.4) is 0 Å². The molecule has 7 heteroatoms. The van der Waals surface area contributed by atoms with Crippen LogP contribution in [0, 0.1) is 5.82 Å². The van der Waals surface area contributed by atoms with Crippen LogP contribution < -0.4 is 11.3 Å². The highest BCUT2D eigenvalue weighted by atomic mass is 79.9. The zero-order valence-corrected chi connectivity index (χ0v) is 12.2. The molecule has 0 spiro atoms. The predicted octanol–water partition coefficient (Wildman–Crippen LogP) is 2.74. The summed E-state index contributed by atoms with van der Waals surface area (Å²) in [7, 11) is 0. The van der Waals surface area contributed by atoms with E-state index in [9.17, 15) is 9.18 Å². The van der Waals surface area contributed by atoms with Crippen molar-refractivity contribution in [2.45, 2.75) is 0 Å². The highest BCUT2D eigenvalue weighted by Gasteiger charge is 2.12. The highest BCUT2D eigenvalue weighted by Crippen LogP contribution is 2.27. The normalized spacial score (nSPS) is 10.8. The molecule has 0 aliphatic rings. The number of imidazole rings is 1. The van der Waals surface area contributed by atoms with E-state index in [0.717, 1.165) is 5.56 Å². The quantitative estimate of drug-likeness (QED) is 0.378. The number of hydrogen-bond donors (Lipinski definition) is 3. The van der Waals surface area contributed by atoms with Crippen LogP contribution in [0.1, 0.15) is 10.4 Å². The van der Waals surface area contributed by atoms with Gasteiger partial charge in [0, 0.05) is 15.6 Å². The van der Waals surface area contributed by atoms with Crippen molar-refractivity contribution in [1.82, 2.24) is 15.4 Å². The number of nitrogens with zero attached hydrogens (tertiary/aromatic N) is 1. The van der Waals surface area contributed by atoms with Crippen LogP contribution in [0.25, 0.3) is 22.4 Å². The van der Waals surface area contributed by atoms with Crippen LogP contribution in [0.15, 0.2) is 40.9 Å². The number of nitrogen functional groups attached to an aromatic ring is 1. The predicted molar refractivity (Wildman–Crippen MR) is 80.8 cm³/mol. The molecular weight excluding hydrogens is 339 g/mol. The number of H-pyrrole nitrogens is 1. The number of hydrogen-bond acceptors (Lipinski definition) is 3. The van der Waals surface area contributed by atoms with Gasteiger partial charge in [0.15, 0.2) is 0 Å². The molecule has 1 amide bonds. The first kappa shape index (κ1) is 13.7. The molecule has 0 bridgehead atoms. The summed E-state index contributed by atoms with van der Waals surface area (Å²) < 4.78 is 13.6. The summed E-state index contributed by atoms with van der Waals surface area (Å²) in [6.07, 6.45) is 0. The second kappa shape index (κ2) is 5.27. The van der Waals surface area contributed by atoms with Gasteiger partial charge in [0.05, 0.1) is 5.52 Å².